The number of hydrogen-bond acceptors (Lipinski definition) is 3. The lowest BCUT2D eigenvalue weighted by Gasteiger charge is -2.01. The SMILES string of the molecule is Nc1ccc(C(=O)C2CC2c2ccccc2)nc1. The van der Waals surface area contributed by atoms with Gasteiger partial charge in [-0.25, -0.2) is 0 Å². The fourth-order valence-corrected chi connectivity index (χ4v) is 2.29. The number of nitrogens with two attached hydrogens (primary N) is 1. The average Bonchev–Trinajstić information content (AvgIpc) is 3.20. The maximum atomic E-state index is 12.2. The molecule has 2 N–H and O–H groups in total. The molecular formula is C15H14N2O. The number of anilines is 1. The number of ketones is 1. The Kier molecular flexibility index (Phi) is 2.59. The second-order valence-electron chi connectivity index (χ2n) is 4.70. The van der Waals surface area contributed by atoms with Gasteiger partial charge in [0.1, 0.15) is 5.69 Å². The molecule has 0 aliphatic heterocycles. The Labute approximate surface area is 106 Å². The standard InChI is InChI=1S/C15H14N2O/c16-11-6-7-14(17-9-11)15(18)13-8-12(13)10-4-2-1-3-5-10/h1-7,9,12-13H,8,16H2. The third kappa shape index (κ3) is 1.99. The van der Waals surface area contributed by atoms with Gasteiger partial charge in [0, 0.05) is 5.92 Å². The van der Waals surface area contributed by atoms with Crippen LogP contribution < -0.4 is 5.73 Å². The third-order valence-corrected chi connectivity index (χ3v) is 3.39. The van der Waals surface area contributed by atoms with E-state index in [1.807, 2.05) is 18.2 Å². The normalized spacial score (nSPS) is 21.6. The lowest BCUT2D eigenvalue weighted by molar-refractivity contribution is 0.0960. The molecule has 2 aromatic rings. The van der Waals surface area contributed by atoms with Crippen molar-refractivity contribution >= 4 is 11.5 Å². The molecule has 3 heteroatoms. The highest BCUT2D eigenvalue weighted by Gasteiger charge is 2.44. The molecule has 3 rings (SSSR count). The van der Waals surface area contributed by atoms with Crippen molar-refractivity contribution in [2.45, 2.75) is 12.3 Å². The van der Waals surface area contributed by atoms with Gasteiger partial charge in [0.15, 0.2) is 5.78 Å². The number of carbonyl (C=O) groups excluding carboxylic acids is 1. The monoisotopic (exact) mass is 238 g/mol. The van der Waals surface area contributed by atoms with Crippen LogP contribution in [0.5, 0.6) is 0 Å². The van der Waals surface area contributed by atoms with E-state index in [0.29, 0.717) is 17.3 Å². The number of benzene rings is 1. The summed E-state index contributed by atoms with van der Waals surface area (Å²) in [6.45, 7) is 0. The van der Waals surface area contributed by atoms with Gasteiger partial charge in [-0.15, -0.1) is 0 Å². The number of aromatic nitrogens is 1. The number of carbonyl (C=O) groups is 1. The van der Waals surface area contributed by atoms with Crippen LogP contribution in [0, 0.1) is 5.92 Å². The Hall–Kier alpha value is -2.16. The second kappa shape index (κ2) is 4.26. The molecule has 0 radical (unpaired) electrons. The summed E-state index contributed by atoms with van der Waals surface area (Å²) >= 11 is 0. The molecule has 0 amide bonds. The zero-order chi connectivity index (χ0) is 12.5. The van der Waals surface area contributed by atoms with Crippen molar-refractivity contribution in [1.82, 2.24) is 4.98 Å². The molecule has 0 saturated heterocycles. The zero-order valence-electron chi connectivity index (χ0n) is 9.91. The summed E-state index contributed by atoms with van der Waals surface area (Å²) in [5, 5.41) is 0. The Balaban J connectivity index is 1.75. The molecule has 3 nitrogen and oxygen atoms in total. The minimum absolute atomic E-state index is 0.0866. The van der Waals surface area contributed by atoms with Gasteiger partial charge in [-0.3, -0.25) is 9.78 Å². The molecule has 1 aromatic carbocycles. The van der Waals surface area contributed by atoms with E-state index in [-0.39, 0.29) is 11.7 Å². The Morgan fingerprint density at radius 3 is 2.61 bits per heavy atom. The predicted octanol–water partition coefficient (Wildman–Crippen LogP) is 2.65. The van der Waals surface area contributed by atoms with E-state index in [4.69, 9.17) is 5.73 Å². The van der Waals surface area contributed by atoms with Crippen LogP contribution in [0.4, 0.5) is 5.69 Å². The number of hydrogen-bond donors (Lipinski definition) is 1. The van der Waals surface area contributed by atoms with E-state index >= 15 is 0 Å². The van der Waals surface area contributed by atoms with Crippen molar-refractivity contribution < 1.29 is 4.79 Å². The molecule has 1 saturated carbocycles. The van der Waals surface area contributed by atoms with Crippen LogP contribution in [0.15, 0.2) is 48.7 Å². The van der Waals surface area contributed by atoms with E-state index < -0.39 is 0 Å². The lowest BCUT2D eigenvalue weighted by Crippen LogP contribution is -2.06. The summed E-state index contributed by atoms with van der Waals surface area (Å²) in [5.74, 6) is 0.574. The molecule has 2 atom stereocenters. The number of Topliss-reactive ketones (excluding diaryl/α,β-unsaturated/α-hetero) is 1. The van der Waals surface area contributed by atoms with Crippen molar-refractivity contribution in [1.29, 1.82) is 0 Å². The van der Waals surface area contributed by atoms with Gasteiger partial charge < -0.3 is 5.73 Å². The van der Waals surface area contributed by atoms with Gasteiger partial charge in [0.2, 0.25) is 0 Å². The molecule has 1 heterocycles. The first kappa shape index (κ1) is 11.0. The fourth-order valence-electron chi connectivity index (χ4n) is 2.29. The van der Waals surface area contributed by atoms with Crippen molar-refractivity contribution in [3.8, 4) is 0 Å². The first-order chi connectivity index (χ1) is 8.75. The Morgan fingerprint density at radius 1 is 1.17 bits per heavy atom. The molecule has 1 aromatic heterocycles. The molecule has 0 spiro atoms. The van der Waals surface area contributed by atoms with Crippen molar-refractivity contribution in [2.24, 2.45) is 5.92 Å². The summed E-state index contributed by atoms with van der Waals surface area (Å²) in [4.78, 5) is 16.3. The lowest BCUT2D eigenvalue weighted by atomic mass is 10.1. The van der Waals surface area contributed by atoms with Gasteiger partial charge in [-0.2, -0.15) is 0 Å². The summed E-state index contributed by atoms with van der Waals surface area (Å²) in [6, 6.07) is 13.6. The molecule has 1 aliphatic carbocycles. The minimum atomic E-state index is 0.0866. The fraction of sp³-hybridized carbons (Fsp3) is 0.200. The summed E-state index contributed by atoms with van der Waals surface area (Å²) in [7, 11) is 0. The van der Waals surface area contributed by atoms with Crippen molar-refractivity contribution in [3.63, 3.8) is 0 Å². The van der Waals surface area contributed by atoms with E-state index in [0.717, 1.165) is 6.42 Å². The quantitative estimate of drug-likeness (QED) is 0.836. The molecular weight excluding hydrogens is 224 g/mol. The largest absolute Gasteiger partial charge is 0.397 e. The maximum absolute atomic E-state index is 12.2. The number of nitrogen functional groups attached to an aromatic ring is 1. The van der Waals surface area contributed by atoms with E-state index in [1.54, 1.807) is 12.1 Å². The van der Waals surface area contributed by atoms with Crippen molar-refractivity contribution in [3.05, 3.63) is 59.9 Å². The van der Waals surface area contributed by atoms with E-state index in [2.05, 4.69) is 17.1 Å². The predicted molar refractivity (Wildman–Crippen MR) is 70.3 cm³/mol. The summed E-state index contributed by atoms with van der Waals surface area (Å²) < 4.78 is 0. The van der Waals surface area contributed by atoms with E-state index in [9.17, 15) is 4.79 Å². The number of nitrogens with zero attached hydrogens (tertiary/aromatic N) is 1. The van der Waals surface area contributed by atoms with Crippen molar-refractivity contribution in [2.75, 3.05) is 5.73 Å². The topological polar surface area (TPSA) is 56.0 Å². The van der Waals surface area contributed by atoms with Crippen LogP contribution in [-0.4, -0.2) is 10.8 Å². The molecule has 0 bridgehead atoms. The van der Waals surface area contributed by atoms with Crippen LogP contribution in [0.1, 0.15) is 28.4 Å². The van der Waals surface area contributed by atoms with Gasteiger partial charge in [0.05, 0.1) is 11.9 Å². The molecule has 1 fully saturated rings. The zero-order valence-corrected chi connectivity index (χ0v) is 9.91. The first-order valence-electron chi connectivity index (χ1n) is 6.06. The van der Waals surface area contributed by atoms with Crippen LogP contribution in [0.25, 0.3) is 0 Å². The highest BCUT2D eigenvalue weighted by molar-refractivity contribution is 5.98. The highest BCUT2D eigenvalue weighted by atomic mass is 16.1. The molecule has 18 heavy (non-hydrogen) atoms. The van der Waals surface area contributed by atoms with Gasteiger partial charge in [0.25, 0.3) is 0 Å². The van der Waals surface area contributed by atoms with Crippen LogP contribution in [0.2, 0.25) is 0 Å². The van der Waals surface area contributed by atoms with Gasteiger partial charge in [-0.05, 0) is 30.0 Å². The number of pyridine rings is 1. The Morgan fingerprint density at radius 2 is 1.94 bits per heavy atom. The smallest absolute Gasteiger partial charge is 0.184 e. The summed E-state index contributed by atoms with van der Waals surface area (Å²) in [6.07, 6.45) is 2.46. The minimum Gasteiger partial charge on any atom is -0.397 e. The Bertz CT molecular complexity index is 563. The molecule has 2 unspecified atom stereocenters. The van der Waals surface area contributed by atoms with Crippen LogP contribution in [-0.2, 0) is 0 Å². The van der Waals surface area contributed by atoms with Gasteiger partial charge >= 0.3 is 0 Å². The molecule has 1 aliphatic rings. The highest BCUT2D eigenvalue weighted by Crippen LogP contribution is 2.48. The third-order valence-electron chi connectivity index (χ3n) is 3.39. The first-order valence-corrected chi connectivity index (χ1v) is 6.06. The molecule has 90 valence electrons. The van der Waals surface area contributed by atoms with E-state index in [1.165, 1.54) is 11.8 Å². The van der Waals surface area contributed by atoms with Crippen LogP contribution in [0.3, 0.4) is 0 Å². The maximum Gasteiger partial charge on any atom is 0.184 e. The second-order valence-corrected chi connectivity index (χ2v) is 4.70. The average molecular weight is 238 g/mol. The van der Waals surface area contributed by atoms with Crippen LogP contribution >= 0.6 is 0 Å². The van der Waals surface area contributed by atoms with Gasteiger partial charge in [-0.1, -0.05) is 30.3 Å². The summed E-state index contributed by atoms with van der Waals surface area (Å²) in [5.41, 5.74) is 7.91. The number of rotatable bonds is 3.